The number of sulfonamides is 2. The van der Waals surface area contributed by atoms with Crippen molar-refractivity contribution in [3.05, 3.63) is 75.6 Å². The molecular formula is C19H14ClN5O6S3. The smallest absolute Gasteiger partial charge is 0.306 e. The molecule has 0 aliphatic rings. The molecule has 11 nitrogen and oxygen atoms in total. The zero-order chi connectivity index (χ0) is 24.7. The van der Waals surface area contributed by atoms with Crippen LogP contribution >= 0.6 is 22.9 Å². The van der Waals surface area contributed by atoms with E-state index >= 15 is 0 Å². The van der Waals surface area contributed by atoms with Gasteiger partial charge in [0.15, 0.2) is 0 Å². The first-order valence-electron chi connectivity index (χ1n) is 9.18. The maximum absolute atomic E-state index is 12.9. The van der Waals surface area contributed by atoms with E-state index < -0.39 is 31.6 Å². The Hall–Kier alpha value is -3.30. The minimum atomic E-state index is -4.10. The topological polar surface area (TPSA) is 170 Å². The van der Waals surface area contributed by atoms with E-state index in [1.54, 1.807) is 6.07 Å². The quantitative estimate of drug-likeness (QED) is 0.349. The van der Waals surface area contributed by atoms with E-state index in [0.29, 0.717) is 5.39 Å². The number of nitrogens with zero attached hydrogens (tertiary/aromatic N) is 2. The Balaban J connectivity index is 1.56. The monoisotopic (exact) mass is 539 g/mol. The van der Waals surface area contributed by atoms with Gasteiger partial charge in [-0.15, -0.1) is 11.3 Å². The Bertz CT molecular complexity index is 1700. The van der Waals surface area contributed by atoms with Crippen molar-refractivity contribution in [1.29, 1.82) is 0 Å². The summed E-state index contributed by atoms with van der Waals surface area (Å²) in [4.78, 5) is 28.9. The van der Waals surface area contributed by atoms with Gasteiger partial charge >= 0.3 is 6.03 Å². The highest BCUT2D eigenvalue weighted by molar-refractivity contribution is 7.92. The second-order valence-electron chi connectivity index (χ2n) is 6.81. The van der Waals surface area contributed by atoms with E-state index in [9.17, 15) is 26.4 Å². The van der Waals surface area contributed by atoms with E-state index in [1.807, 2.05) is 4.72 Å². The largest absolute Gasteiger partial charge is 0.333 e. The highest BCUT2D eigenvalue weighted by atomic mass is 35.5. The minimum Gasteiger partial charge on any atom is -0.306 e. The van der Waals surface area contributed by atoms with Gasteiger partial charge in [-0.05, 0) is 47.9 Å². The van der Waals surface area contributed by atoms with Gasteiger partial charge in [0.25, 0.3) is 15.6 Å². The van der Waals surface area contributed by atoms with Gasteiger partial charge < -0.3 is 5.32 Å². The average Bonchev–Trinajstić information content (AvgIpc) is 3.21. The van der Waals surface area contributed by atoms with Crippen LogP contribution in [-0.4, -0.2) is 32.4 Å². The number of anilines is 1. The fourth-order valence-electron chi connectivity index (χ4n) is 2.95. The summed E-state index contributed by atoms with van der Waals surface area (Å²) in [5.41, 5.74) is -0.374. The molecule has 4 rings (SSSR count). The summed E-state index contributed by atoms with van der Waals surface area (Å²) in [6.45, 7) is 0. The van der Waals surface area contributed by atoms with E-state index in [4.69, 9.17) is 16.7 Å². The fourth-order valence-corrected chi connectivity index (χ4v) is 5.88. The number of hydrogen-bond acceptors (Lipinski definition) is 8. The van der Waals surface area contributed by atoms with Gasteiger partial charge in [0.2, 0.25) is 10.0 Å². The van der Waals surface area contributed by atoms with Crippen molar-refractivity contribution in [1.82, 2.24) is 14.3 Å². The highest BCUT2D eigenvalue weighted by Crippen LogP contribution is 2.25. The van der Waals surface area contributed by atoms with Crippen LogP contribution in [0.4, 0.5) is 10.5 Å². The van der Waals surface area contributed by atoms with Gasteiger partial charge in [0.05, 0.1) is 21.1 Å². The number of aromatic nitrogens is 2. The number of fused-ring (bicyclic) bond motifs is 1. The van der Waals surface area contributed by atoms with Crippen LogP contribution in [0, 0.1) is 0 Å². The standard InChI is InChI=1S/C19H14ClN5O6S3/c20-15-4-6-17(32-15)34(30,31)24-19(27)23-12-2-5-16(22-10-12)25-8-7-11-1-3-13(33(21,28)29)9-14(11)18(25)26/h1-10H,(H2,21,28,29)(H2,23,24,27). The third-order valence-corrected chi connectivity index (χ3v) is 8.46. The zero-order valence-electron chi connectivity index (χ0n) is 16.8. The van der Waals surface area contributed by atoms with Gasteiger partial charge in [0, 0.05) is 11.6 Å². The van der Waals surface area contributed by atoms with Gasteiger partial charge in [-0.25, -0.2) is 36.5 Å². The van der Waals surface area contributed by atoms with Crippen molar-refractivity contribution in [2.45, 2.75) is 9.10 Å². The molecule has 0 saturated carbocycles. The third kappa shape index (κ3) is 4.95. The molecule has 0 radical (unpaired) electrons. The molecule has 4 aromatic rings. The molecule has 1 aromatic carbocycles. The first kappa shape index (κ1) is 23.8. The molecule has 3 aromatic heterocycles. The van der Waals surface area contributed by atoms with Crippen molar-refractivity contribution in [3.8, 4) is 5.82 Å². The van der Waals surface area contributed by atoms with Crippen molar-refractivity contribution in [3.63, 3.8) is 0 Å². The van der Waals surface area contributed by atoms with Crippen LogP contribution < -0.4 is 20.7 Å². The van der Waals surface area contributed by atoms with Gasteiger partial charge in [-0.3, -0.25) is 9.36 Å². The summed E-state index contributed by atoms with van der Waals surface area (Å²) in [6, 6.07) is 10.0. The number of nitrogens with two attached hydrogens (primary N) is 1. The van der Waals surface area contributed by atoms with Crippen molar-refractivity contribution in [2.24, 2.45) is 5.14 Å². The number of benzene rings is 1. The molecular weight excluding hydrogens is 526 g/mol. The molecule has 2 amide bonds. The minimum absolute atomic E-state index is 0.122. The second kappa shape index (κ2) is 8.81. The summed E-state index contributed by atoms with van der Waals surface area (Å²) in [6.07, 6.45) is 2.68. The van der Waals surface area contributed by atoms with Gasteiger partial charge in [0.1, 0.15) is 10.0 Å². The SMILES string of the molecule is NS(=O)(=O)c1ccc2ccn(-c3ccc(NC(=O)NS(=O)(=O)c4ccc(Cl)s4)cn3)c(=O)c2c1. The first-order chi connectivity index (χ1) is 15.9. The summed E-state index contributed by atoms with van der Waals surface area (Å²) < 4.78 is 50.8. The summed E-state index contributed by atoms with van der Waals surface area (Å²) in [5.74, 6) is 0.180. The number of halogens is 1. The molecule has 0 unspecified atom stereocenters. The van der Waals surface area contributed by atoms with E-state index in [1.165, 1.54) is 59.4 Å². The lowest BCUT2D eigenvalue weighted by molar-refractivity contribution is 0.256. The summed E-state index contributed by atoms with van der Waals surface area (Å²) in [7, 11) is -8.09. The Morgan fingerprint density at radius 1 is 1.06 bits per heavy atom. The highest BCUT2D eigenvalue weighted by Gasteiger charge is 2.20. The Labute approximate surface area is 201 Å². The van der Waals surface area contributed by atoms with Crippen LogP contribution in [0.3, 0.4) is 0 Å². The normalized spacial score (nSPS) is 11.9. The van der Waals surface area contributed by atoms with Crippen LogP contribution in [0.1, 0.15) is 0 Å². The average molecular weight is 540 g/mol. The summed E-state index contributed by atoms with van der Waals surface area (Å²) >= 11 is 6.53. The molecule has 0 saturated heterocycles. The fraction of sp³-hybridized carbons (Fsp3) is 0. The number of pyridine rings is 2. The molecule has 34 heavy (non-hydrogen) atoms. The first-order valence-corrected chi connectivity index (χ1v) is 13.4. The number of carbonyl (C=O) groups is 1. The van der Waals surface area contributed by atoms with Crippen molar-refractivity contribution >= 4 is 65.5 Å². The summed E-state index contributed by atoms with van der Waals surface area (Å²) in [5, 5.41) is 8.11. The number of amides is 2. The molecule has 176 valence electrons. The van der Waals surface area contributed by atoms with Crippen LogP contribution in [0.15, 0.2) is 74.8 Å². The van der Waals surface area contributed by atoms with Crippen molar-refractivity contribution < 1.29 is 21.6 Å². The maximum Gasteiger partial charge on any atom is 0.333 e. The zero-order valence-corrected chi connectivity index (χ0v) is 20.0. The van der Waals surface area contributed by atoms with Crippen LogP contribution in [0.25, 0.3) is 16.6 Å². The Kier molecular flexibility index (Phi) is 6.18. The van der Waals surface area contributed by atoms with Gasteiger partial charge in [-0.2, -0.15) is 0 Å². The van der Waals surface area contributed by atoms with E-state index in [2.05, 4.69) is 10.3 Å². The molecule has 15 heteroatoms. The van der Waals surface area contributed by atoms with Crippen molar-refractivity contribution in [2.75, 3.05) is 5.32 Å². The maximum atomic E-state index is 12.9. The molecule has 0 bridgehead atoms. The number of urea groups is 1. The van der Waals surface area contributed by atoms with Crippen LogP contribution in [0.2, 0.25) is 4.34 Å². The van der Waals surface area contributed by atoms with Gasteiger partial charge in [-0.1, -0.05) is 17.7 Å². The van der Waals surface area contributed by atoms with Crippen LogP contribution in [-0.2, 0) is 20.0 Å². The Morgan fingerprint density at radius 2 is 1.82 bits per heavy atom. The predicted molar refractivity (Wildman–Crippen MR) is 127 cm³/mol. The lowest BCUT2D eigenvalue weighted by Crippen LogP contribution is -2.34. The molecule has 0 atom stereocenters. The number of thiophene rings is 1. The molecule has 4 N–H and O–H groups in total. The van der Waals surface area contributed by atoms with E-state index in [0.717, 1.165) is 11.3 Å². The third-order valence-electron chi connectivity index (χ3n) is 4.50. The molecule has 0 fully saturated rings. The number of rotatable bonds is 5. The lowest BCUT2D eigenvalue weighted by Gasteiger charge is -2.10. The number of primary sulfonamides is 1. The molecule has 0 aliphatic heterocycles. The molecule has 3 heterocycles. The second-order valence-corrected chi connectivity index (χ2v) is 12.0. The number of nitrogens with one attached hydrogen (secondary N) is 2. The van der Waals surface area contributed by atoms with Crippen LogP contribution in [0.5, 0.6) is 0 Å². The number of carbonyl (C=O) groups excluding carboxylic acids is 1. The lowest BCUT2D eigenvalue weighted by atomic mass is 10.2. The van der Waals surface area contributed by atoms with E-state index in [-0.39, 0.29) is 30.3 Å². The molecule has 0 aliphatic carbocycles. The molecule has 0 spiro atoms. The number of hydrogen-bond donors (Lipinski definition) is 3. The predicted octanol–water partition coefficient (Wildman–Crippen LogP) is 2.26. The Morgan fingerprint density at radius 3 is 2.44 bits per heavy atom.